The summed E-state index contributed by atoms with van der Waals surface area (Å²) in [5.41, 5.74) is 0.998. The smallest absolute Gasteiger partial charge is 0.337 e. The van der Waals surface area contributed by atoms with Gasteiger partial charge in [-0.3, -0.25) is 0 Å². The van der Waals surface area contributed by atoms with E-state index < -0.39 is 5.97 Å². The number of rotatable bonds is 4. The van der Waals surface area contributed by atoms with Gasteiger partial charge in [0.2, 0.25) is 0 Å². The van der Waals surface area contributed by atoms with Crippen molar-refractivity contribution in [3.8, 4) is 0 Å². The monoisotopic (exact) mass is 283 g/mol. The van der Waals surface area contributed by atoms with Crippen LogP contribution in [0.15, 0.2) is 41.1 Å². The van der Waals surface area contributed by atoms with Crippen LogP contribution in [0.3, 0.4) is 0 Å². The van der Waals surface area contributed by atoms with Crippen molar-refractivity contribution in [2.45, 2.75) is 13.5 Å². The molecule has 0 saturated carbocycles. The lowest BCUT2D eigenvalue weighted by atomic mass is 10.1. The molecule has 2 heterocycles. The van der Waals surface area contributed by atoms with E-state index in [0.717, 1.165) is 11.1 Å². The van der Waals surface area contributed by atoms with Gasteiger partial charge in [-0.05, 0) is 6.92 Å². The molecule has 0 fully saturated rings. The standard InChI is InChI=1S/C15H13N3O3/c1-9-6-10(21-18-9)7-16-14-12-5-3-2-4-11(12)13(8-17-14)15(19)20/h2-6,8H,7H2,1H3,(H,16,17)(H,19,20). The molecule has 0 amide bonds. The second kappa shape index (κ2) is 5.24. The van der Waals surface area contributed by atoms with Gasteiger partial charge < -0.3 is 14.9 Å². The van der Waals surface area contributed by atoms with Gasteiger partial charge in [-0.2, -0.15) is 0 Å². The minimum absolute atomic E-state index is 0.187. The van der Waals surface area contributed by atoms with Crippen LogP contribution in [0.4, 0.5) is 5.82 Å². The molecule has 0 aliphatic carbocycles. The molecule has 0 unspecified atom stereocenters. The first kappa shape index (κ1) is 13.1. The molecule has 106 valence electrons. The zero-order chi connectivity index (χ0) is 14.8. The van der Waals surface area contributed by atoms with Crippen LogP contribution in [-0.4, -0.2) is 21.2 Å². The summed E-state index contributed by atoms with van der Waals surface area (Å²) in [6.45, 7) is 2.28. The second-order valence-electron chi connectivity index (χ2n) is 4.66. The van der Waals surface area contributed by atoms with Crippen LogP contribution in [0, 0.1) is 6.92 Å². The number of fused-ring (bicyclic) bond motifs is 1. The van der Waals surface area contributed by atoms with Crippen molar-refractivity contribution in [1.82, 2.24) is 10.1 Å². The van der Waals surface area contributed by atoms with Crippen LogP contribution in [-0.2, 0) is 6.54 Å². The Labute approximate surface area is 120 Å². The maximum atomic E-state index is 11.2. The van der Waals surface area contributed by atoms with Gasteiger partial charge in [0, 0.05) is 23.0 Å². The molecule has 3 rings (SSSR count). The predicted octanol–water partition coefficient (Wildman–Crippen LogP) is 2.84. The highest BCUT2D eigenvalue weighted by molar-refractivity contribution is 6.06. The van der Waals surface area contributed by atoms with Gasteiger partial charge in [0.15, 0.2) is 5.76 Å². The Morgan fingerprint density at radius 3 is 2.76 bits per heavy atom. The quantitative estimate of drug-likeness (QED) is 0.765. The number of hydrogen-bond acceptors (Lipinski definition) is 5. The maximum absolute atomic E-state index is 11.2. The summed E-state index contributed by atoms with van der Waals surface area (Å²) in [6, 6.07) is 9.09. The van der Waals surface area contributed by atoms with Gasteiger partial charge >= 0.3 is 5.97 Å². The highest BCUT2D eigenvalue weighted by atomic mass is 16.5. The molecule has 0 radical (unpaired) electrons. The zero-order valence-corrected chi connectivity index (χ0v) is 11.3. The number of anilines is 1. The third kappa shape index (κ3) is 2.55. The van der Waals surface area contributed by atoms with E-state index in [2.05, 4.69) is 15.5 Å². The predicted molar refractivity (Wildman–Crippen MR) is 77.3 cm³/mol. The summed E-state index contributed by atoms with van der Waals surface area (Å²) in [7, 11) is 0. The molecule has 1 aromatic carbocycles. The number of aromatic nitrogens is 2. The molecule has 3 aromatic rings. The van der Waals surface area contributed by atoms with Crippen molar-refractivity contribution in [2.24, 2.45) is 0 Å². The number of carboxylic acid groups (broad SMARTS) is 1. The van der Waals surface area contributed by atoms with E-state index in [0.29, 0.717) is 23.5 Å². The van der Waals surface area contributed by atoms with Crippen LogP contribution in [0.5, 0.6) is 0 Å². The highest BCUT2D eigenvalue weighted by Gasteiger charge is 2.12. The lowest BCUT2D eigenvalue weighted by molar-refractivity contribution is 0.0698. The summed E-state index contributed by atoms with van der Waals surface area (Å²) >= 11 is 0. The summed E-state index contributed by atoms with van der Waals surface area (Å²) in [6.07, 6.45) is 1.36. The summed E-state index contributed by atoms with van der Waals surface area (Å²) in [5, 5.41) is 17.6. The molecule has 0 bridgehead atoms. The second-order valence-corrected chi connectivity index (χ2v) is 4.66. The van der Waals surface area contributed by atoms with E-state index >= 15 is 0 Å². The number of carboxylic acids is 1. The van der Waals surface area contributed by atoms with E-state index in [1.54, 1.807) is 12.1 Å². The highest BCUT2D eigenvalue weighted by Crippen LogP contribution is 2.24. The average molecular weight is 283 g/mol. The fourth-order valence-electron chi connectivity index (χ4n) is 2.17. The Kier molecular flexibility index (Phi) is 3.27. The third-order valence-electron chi connectivity index (χ3n) is 3.13. The van der Waals surface area contributed by atoms with Crippen LogP contribution in [0.25, 0.3) is 10.8 Å². The van der Waals surface area contributed by atoms with Crippen LogP contribution < -0.4 is 5.32 Å². The van der Waals surface area contributed by atoms with Gasteiger partial charge in [-0.1, -0.05) is 29.4 Å². The number of aryl methyl sites for hydroxylation is 1. The summed E-state index contributed by atoms with van der Waals surface area (Å²) < 4.78 is 5.13. The van der Waals surface area contributed by atoms with Crippen molar-refractivity contribution in [2.75, 3.05) is 5.32 Å². The molecule has 21 heavy (non-hydrogen) atoms. The average Bonchev–Trinajstić information content (AvgIpc) is 2.90. The van der Waals surface area contributed by atoms with Crippen molar-refractivity contribution in [1.29, 1.82) is 0 Å². The molecule has 0 atom stereocenters. The van der Waals surface area contributed by atoms with Crippen molar-refractivity contribution in [3.05, 3.63) is 53.5 Å². The molecule has 0 aliphatic heterocycles. The normalized spacial score (nSPS) is 10.7. The molecule has 2 aromatic heterocycles. The zero-order valence-electron chi connectivity index (χ0n) is 11.3. The van der Waals surface area contributed by atoms with E-state index in [4.69, 9.17) is 4.52 Å². The van der Waals surface area contributed by atoms with Crippen LogP contribution in [0.2, 0.25) is 0 Å². The number of pyridine rings is 1. The van der Waals surface area contributed by atoms with Crippen LogP contribution >= 0.6 is 0 Å². The van der Waals surface area contributed by atoms with Crippen LogP contribution in [0.1, 0.15) is 21.8 Å². The summed E-state index contributed by atoms with van der Waals surface area (Å²) in [5.74, 6) is 0.321. The first-order valence-corrected chi connectivity index (χ1v) is 6.42. The fourth-order valence-corrected chi connectivity index (χ4v) is 2.17. The minimum Gasteiger partial charge on any atom is -0.478 e. The molecular formula is C15H13N3O3. The Morgan fingerprint density at radius 1 is 1.33 bits per heavy atom. The van der Waals surface area contributed by atoms with Gasteiger partial charge in [0.1, 0.15) is 5.82 Å². The summed E-state index contributed by atoms with van der Waals surface area (Å²) in [4.78, 5) is 15.4. The van der Waals surface area contributed by atoms with Crippen molar-refractivity contribution in [3.63, 3.8) is 0 Å². The number of nitrogens with one attached hydrogen (secondary N) is 1. The lowest BCUT2D eigenvalue weighted by Crippen LogP contribution is -2.04. The number of nitrogens with zero attached hydrogens (tertiary/aromatic N) is 2. The lowest BCUT2D eigenvalue weighted by Gasteiger charge is -2.09. The molecule has 6 nitrogen and oxygen atoms in total. The minimum atomic E-state index is -0.990. The first-order chi connectivity index (χ1) is 10.1. The topological polar surface area (TPSA) is 88.2 Å². The van der Waals surface area contributed by atoms with E-state index in [9.17, 15) is 9.90 Å². The van der Waals surface area contributed by atoms with Gasteiger partial charge in [0.25, 0.3) is 0 Å². The molecule has 0 saturated heterocycles. The van der Waals surface area contributed by atoms with Crippen molar-refractivity contribution >= 4 is 22.6 Å². The molecule has 2 N–H and O–H groups in total. The number of aromatic carboxylic acids is 1. The van der Waals surface area contributed by atoms with E-state index in [1.165, 1.54) is 6.20 Å². The van der Waals surface area contributed by atoms with E-state index in [-0.39, 0.29) is 5.56 Å². The van der Waals surface area contributed by atoms with E-state index in [1.807, 2.05) is 25.1 Å². The van der Waals surface area contributed by atoms with Gasteiger partial charge in [-0.15, -0.1) is 0 Å². The SMILES string of the molecule is Cc1cc(CNc2ncc(C(=O)O)c3ccccc23)on1. The number of benzene rings is 1. The Bertz CT molecular complexity index is 811. The molecule has 0 spiro atoms. The first-order valence-electron chi connectivity index (χ1n) is 6.42. The Morgan fingerprint density at radius 2 is 2.10 bits per heavy atom. The van der Waals surface area contributed by atoms with Crippen molar-refractivity contribution < 1.29 is 14.4 Å². The molecule has 6 heteroatoms. The van der Waals surface area contributed by atoms with Gasteiger partial charge in [-0.25, -0.2) is 9.78 Å². The number of carbonyl (C=O) groups is 1. The Hall–Kier alpha value is -2.89. The number of hydrogen-bond donors (Lipinski definition) is 2. The molecule has 0 aliphatic rings. The third-order valence-corrected chi connectivity index (χ3v) is 3.13. The molecular weight excluding hydrogens is 270 g/mol. The maximum Gasteiger partial charge on any atom is 0.337 e. The fraction of sp³-hybridized carbons (Fsp3) is 0.133. The van der Waals surface area contributed by atoms with Gasteiger partial charge in [0.05, 0.1) is 17.8 Å². The Balaban J connectivity index is 1.96. The largest absolute Gasteiger partial charge is 0.478 e.